The molecule has 1 rings (SSSR count). The van der Waals surface area contributed by atoms with E-state index in [0.29, 0.717) is 19.4 Å². The van der Waals surface area contributed by atoms with Crippen LogP contribution in [0.5, 0.6) is 0 Å². The standard InChI is InChI=1S/C16H29F3N2O2/c1-14(2,3)23-13(22)21-15(4,5)10-20-12-8-6-11(7-9-12)16(17,18)19/h11-12,20H,6-10H2,1-5H3,(H,21,22). The number of hydrogen-bond donors (Lipinski definition) is 2. The first kappa shape index (κ1) is 20.1. The molecule has 0 saturated heterocycles. The van der Waals surface area contributed by atoms with Crippen molar-refractivity contribution < 1.29 is 22.7 Å². The Kier molecular flexibility index (Phi) is 6.35. The van der Waals surface area contributed by atoms with Gasteiger partial charge in [-0.2, -0.15) is 13.2 Å². The molecule has 1 aliphatic rings. The van der Waals surface area contributed by atoms with Crippen LogP contribution in [-0.4, -0.2) is 36.0 Å². The molecular formula is C16H29F3N2O2. The molecule has 0 heterocycles. The van der Waals surface area contributed by atoms with Crippen LogP contribution >= 0.6 is 0 Å². The molecule has 0 aliphatic heterocycles. The van der Waals surface area contributed by atoms with Crippen LogP contribution in [-0.2, 0) is 4.74 Å². The topological polar surface area (TPSA) is 50.4 Å². The molecule has 0 aromatic rings. The third-order valence-corrected chi connectivity index (χ3v) is 3.86. The zero-order valence-electron chi connectivity index (χ0n) is 14.6. The number of carbonyl (C=O) groups excluding carboxylic acids is 1. The van der Waals surface area contributed by atoms with Crippen molar-refractivity contribution in [2.45, 2.75) is 83.7 Å². The lowest BCUT2D eigenvalue weighted by Crippen LogP contribution is -2.53. The Morgan fingerprint density at radius 3 is 2.00 bits per heavy atom. The van der Waals surface area contributed by atoms with Crippen molar-refractivity contribution in [3.05, 3.63) is 0 Å². The Labute approximate surface area is 136 Å². The first-order chi connectivity index (χ1) is 10.3. The fourth-order valence-electron chi connectivity index (χ4n) is 2.65. The molecule has 1 amide bonds. The Bertz CT molecular complexity index is 395. The molecule has 0 spiro atoms. The average molecular weight is 338 g/mol. The summed E-state index contributed by atoms with van der Waals surface area (Å²) in [4.78, 5) is 11.8. The van der Waals surface area contributed by atoms with E-state index in [0.717, 1.165) is 0 Å². The SMILES string of the molecule is CC(C)(CNC1CCC(C(F)(F)F)CC1)NC(=O)OC(C)(C)C. The summed E-state index contributed by atoms with van der Waals surface area (Å²) in [5, 5.41) is 6.05. The lowest BCUT2D eigenvalue weighted by molar-refractivity contribution is -0.182. The fourth-order valence-corrected chi connectivity index (χ4v) is 2.65. The highest BCUT2D eigenvalue weighted by Crippen LogP contribution is 2.37. The minimum Gasteiger partial charge on any atom is -0.444 e. The summed E-state index contributed by atoms with van der Waals surface area (Å²) in [5.41, 5.74) is -1.10. The highest BCUT2D eigenvalue weighted by atomic mass is 19.4. The van der Waals surface area contributed by atoms with Crippen LogP contribution in [0, 0.1) is 5.92 Å². The third kappa shape index (κ3) is 7.90. The van der Waals surface area contributed by atoms with Gasteiger partial charge in [-0.15, -0.1) is 0 Å². The fraction of sp³-hybridized carbons (Fsp3) is 0.938. The number of ether oxygens (including phenoxy) is 1. The quantitative estimate of drug-likeness (QED) is 0.814. The van der Waals surface area contributed by atoms with E-state index in [9.17, 15) is 18.0 Å². The lowest BCUT2D eigenvalue weighted by atomic mass is 9.85. The number of rotatable bonds is 4. The smallest absolute Gasteiger partial charge is 0.408 e. The Morgan fingerprint density at radius 2 is 1.57 bits per heavy atom. The van der Waals surface area contributed by atoms with Crippen LogP contribution in [0.3, 0.4) is 0 Å². The number of halogens is 3. The van der Waals surface area contributed by atoms with E-state index in [-0.39, 0.29) is 18.9 Å². The highest BCUT2D eigenvalue weighted by Gasteiger charge is 2.41. The lowest BCUT2D eigenvalue weighted by Gasteiger charge is -2.34. The van der Waals surface area contributed by atoms with Crippen LogP contribution in [0.4, 0.5) is 18.0 Å². The first-order valence-electron chi connectivity index (χ1n) is 8.10. The largest absolute Gasteiger partial charge is 0.444 e. The van der Waals surface area contributed by atoms with Gasteiger partial charge in [-0.3, -0.25) is 0 Å². The molecule has 1 aliphatic carbocycles. The maximum atomic E-state index is 12.6. The van der Waals surface area contributed by atoms with Gasteiger partial charge in [-0.05, 0) is 60.3 Å². The van der Waals surface area contributed by atoms with E-state index in [1.807, 2.05) is 13.8 Å². The summed E-state index contributed by atoms with van der Waals surface area (Å²) in [7, 11) is 0. The van der Waals surface area contributed by atoms with Gasteiger partial charge in [0.15, 0.2) is 0 Å². The zero-order valence-corrected chi connectivity index (χ0v) is 14.6. The van der Waals surface area contributed by atoms with Gasteiger partial charge >= 0.3 is 12.3 Å². The second-order valence-corrected chi connectivity index (χ2v) is 7.98. The predicted octanol–water partition coefficient (Wildman–Crippen LogP) is 4.00. The Hall–Kier alpha value is -0.980. The van der Waals surface area contributed by atoms with Gasteiger partial charge in [0.05, 0.1) is 11.5 Å². The number of hydrogen-bond acceptors (Lipinski definition) is 3. The monoisotopic (exact) mass is 338 g/mol. The van der Waals surface area contributed by atoms with Crippen LogP contribution in [0.1, 0.15) is 60.3 Å². The van der Waals surface area contributed by atoms with Crippen molar-refractivity contribution in [1.82, 2.24) is 10.6 Å². The number of carbonyl (C=O) groups is 1. The predicted molar refractivity (Wildman–Crippen MR) is 83.3 cm³/mol. The van der Waals surface area contributed by atoms with E-state index in [1.165, 1.54) is 0 Å². The number of alkyl carbamates (subject to hydrolysis) is 1. The zero-order chi connectivity index (χ0) is 17.9. The third-order valence-electron chi connectivity index (χ3n) is 3.86. The second-order valence-electron chi connectivity index (χ2n) is 7.98. The minimum absolute atomic E-state index is 0.0633. The van der Waals surface area contributed by atoms with Gasteiger partial charge in [-0.25, -0.2) is 4.79 Å². The molecule has 7 heteroatoms. The average Bonchev–Trinajstić information content (AvgIpc) is 2.33. The van der Waals surface area contributed by atoms with Crippen molar-refractivity contribution in [2.75, 3.05) is 6.54 Å². The molecule has 0 unspecified atom stereocenters. The van der Waals surface area contributed by atoms with Crippen molar-refractivity contribution in [1.29, 1.82) is 0 Å². The molecule has 23 heavy (non-hydrogen) atoms. The van der Waals surface area contributed by atoms with Crippen LogP contribution in [0.2, 0.25) is 0 Å². The van der Waals surface area contributed by atoms with Gasteiger partial charge in [0, 0.05) is 12.6 Å². The summed E-state index contributed by atoms with van der Waals surface area (Å²) < 4.78 is 43.1. The molecule has 0 aromatic heterocycles. The van der Waals surface area contributed by atoms with Crippen molar-refractivity contribution in [3.63, 3.8) is 0 Å². The number of nitrogens with one attached hydrogen (secondary N) is 2. The van der Waals surface area contributed by atoms with Crippen molar-refractivity contribution >= 4 is 6.09 Å². The molecule has 0 aromatic carbocycles. The molecule has 0 bridgehead atoms. The summed E-state index contributed by atoms with van der Waals surface area (Å²) in [5.74, 6) is -1.17. The number of amides is 1. The van der Waals surface area contributed by atoms with Crippen molar-refractivity contribution in [2.24, 2.45) is 5.92 Å². The van der Waals surface area contributed by atoms with Gasteiger partial charge in [0.1, 0.15) is 5.60 Å². The second kappa shape index (κ2) is 7.28. The summed E-state index contributed by atoms with van der Waals surface area (Å²) >= 11 is 0. The molecule has 0 radical (unpaired) electrons. The van der Waals surface area contributed by atoms with E-state index < -0.39 is 29.3 Å². The van der Waals surface area contributed by atoms with Gasteiger partial charge in [0.2, 0.25) is 0 Å². The molecule has 4 nitrogen and oxygen atoms in total. The van der Waals surface area contributed by atoms with Crippen molar-refractivity contribution in [3.8, 4) is 0 Å². The normalized spacial score (nSPS) is 23.5. The first-order valence-corrected chi connectivity index (χ1v) is 8.10. The maximum Gasteiger partial charge on any atom is 0.408 e. The van der Waals surface area contributed by atoms with Crippen LogP contribution in [0.25, 0.3) is 0 Å². The van der Waals surface area contributed by atoms with Crippen LogP contribution in [0.15, 0.2) is 0 Å². The summed E-state index contributed by atoms with van der Waals surface area (Å²) in [6.45, 7) is 9.55. The molecule has 0 atom stereocenters. The number of alkyl halides is 3. The minimum atomic E-state index is -4.08. The maximum absolute atomic E-state index is 12.6. The van der Waals surface area contributed by atoms with Gasteiger partial charge in [-0.1, -0.05) is 0 Å². The Balaban J connectivity index is 2.35. The van der Waals surface area contributed by atoms with E-state index in [2.05, 4.69) is 10.6 Å². The highest BCUT2D eigenvalue weighted by molar-refractivity contribution is 5.68. The Morgan fingerprint density at radius 1 is 1.04 bits per heavy atom. The molecule has 1 saturated carbocycles. The molecule has 1 fully saturated rings. The molecule has 2 N–H and O–H groups in total. The summed E-state index contributed by atoms with van der Waals surface area (Å²) in [6, 6.07) is 0.0633. The van der Waals surface area contributed by atoms with Gasteiger partial charge in [0.25, 0.3) is 0 Å². The molecule has 136 valence electrons. The van der Waals surface area contributed by atoms with E-state index in [1.54, 1.807) is 20.8 Å². The van der Waals surface area contributed by atoms with Crippen LogP contribution < -0.4 is 10.6 Å². The molecular weight excluding hydrogens is 309 g/mol. The van der Waals surface area contributed by atoms with E-state index >= 15 is 0 Å². The van der Waals surface area contributed by atoms with E-state index in [4.69, 9.17) is 4.74 Å². The summed E-state index contributed by atoms with van der Waals surface area (Å²) in [6.07, 6.45) is -3.23. The van der Waals surface area contributed by atoms with Gasteiger partial charge < -0.3 is 15.4 Å².